The fourth-order valence-electron chi connectivity index (χ4n) is 4.99. The van der Waals surface area contributed by atoms with Crippen LogP contribution in [0.25, 0.3) is 10.9 Å². The van der Waals surface area contributed by atoms with Gasteiger partial charge >= 0.3 is 5.97 Å². The van der Waals surface area contributed by atoms with Crippen molar-refractivity contribution in [2.45, 2.75) is 58.5 Å². The van der Waals surface area contributed by atoms with E-state index in [0.717, 1.165) is 35.0 Å². The highest BCUT2D eigenvalue weighted by atomic mass is 16.4. The molecule has 1 aromatic heterocycles. The van der Waals surface area contributed by atoms with Crippen molar-refractivity contribution in [1.82, 2.24) is 9.88 Å². The summed E-state index contributed by atoms with van der Waals surface area (Å²) in [6, 6.07) is 5.62. The first-order valence-electron chi connectivity index (χ1n) is 9.04. The Morgan fingerprint density at radius 2 is 2.08 bits per heavy atom. The average molecular weight is 340 g/mol. The first kappa shape index (κ1) is 16.2. The number of nitrogens with one attached hydrogen (secondary N) is 1. The number of carbonyl (C=O) groups excluding carboxylic acids is 1. The van der Waals surface area contributed by atoms with E-state index in [-0.39, 0.29) is 18.0 Å². The van der Waals surface area contributed by atoms with Crippen molar-refractivity contribution in [2.75, 3.05) is 0 Å². The number of hydrogen-bond acceptors (Lipinski definition) is 2. The number of rotatable bonds is 3. The van der Waals surface area contributed by atoms with Crippen LogP contribution in [-0.2, 0) is 4.79 Å². The Balaban J connectivity index is 1.72. The molecule has 4 rings (SSSR count). The normalized spacial score (nSPS) is 28.0. The summed E-state index contributed by atoms with van der Waals surface area (Å²) in [5.74, 6) is -0.781. The van der Waals surface area contributed by atoms with Gasteiger partial charge in [-0.05, 0) is 63.3 Å². The molecule has 2 saturated heterocycles. The van der Waals surface area contributed by atoms with Gasteiger partial charge in [0.05, 0.1) is 5.41 Å². The highest BCUT2D eigenvalue weighted by Crippen LogP contribution is 2.52. The lowest BCUT2D eigenvalue weighted by molar-refractivity contribution is -0.151. The number of hydrogen-bond donors (Lipinski definition) is 2. The minimum absolute atomic E-state index is 0.0239. The minimum atomic E-state index is -0.775. The molecule has 0 spiro atoms. The molecule has 1 amide bonds. The van der Waals surface area contributed by atoms with E-state index in [0.29, 0.717) is 18.4 Å². The molecule has 25 heavy (non-hydrogen) atoms. The number of aromatic amines is 1. The van der Waals surface area contributed by atoms with E-state index in [1.165, 1.54) is 0 Å². The summed E-state index contributed by atoms with van der Waals surface area (Å²) in [4.78, 5) is 30.3. The van der Waals surface area contributed by atoms with Gasteiger partial charge in [-0.25, -0.2) is 0 Å². The zero-order valence-corrected chi connectivity index (χ0v) is 14.9. The highest BCUT2D eigenvalue weighted by molar-refractivity contribution is 6.00. The smallest absolute Gasteiger partial charge is 0.311 e. The third-order valence-electron chi connectivity index (χ3n) is 6.59. The molecule has 2 aliphatic heterocycles. The van der Waals surface area contributed by atoms with Crippen LogP contribution < -0.4 is 0 Å². The standard InChI is InChI=1S/C20H24N2O3/c1-4-20(19(24)25)10-14-6-8-17(20)22(14)18(23)13-5-7-16-15(9-13)11(2)12(3)21-16/h5,7,9,14,17,21H,4,6,8,10H2,1-3H3,(H,24,25)/t14-,17+,20+/m0/s1. The van der Waals surface area contributed by atoms with Crippen LogP contribution in [0.2, 0.25) is 0 Å². The van der Waals surface area contributed by atoms with Crippen molar-refractivity contribution >= 4 is 22.8 Å². The van der Waals surface area contributed by atoms with Crippen LogP contribution in [0.15, 0.2) is 18.2 Å². The Hall–Kier alpha value is -2.30. The van der Waals surface area contributed by atoms with E-state index in [9.17, 15) is 14.7 Å². The fourth-order valence-corrected chi connectivity index (χ4v) is 4.99. The molecule has 3 heterocycles. The van der Waals surface area contributed by atoms with Gasteiger partial charge in [-0.1, -0.05) is 6.92 Å². The minimum Gasteiger partial charge on any atom is -0.481 e. The second kappa shape index (κ2) is 5.35. The van der Waals surface area contributed by atoms with E-state index >= 15 is 0 Å². The first-order valence-corrected chi connectivity index (χ1v) is 9.04. The maximum atomic E-state index is 13.2. The molecule has 1 aromatic carbocycles. The Bertz CT molecular complexity index is 884. The maximum absolute atomic E-state index is 13.2. The molecule has 3 atom stereocenters. The van der Waals surface area contributed by atoms with Crippen LogP contribution in [0.1, 0.15) is 54.2 Å². The SMILES string of the molecule is CC[C@@]1(C(=O)O)C[C@@H]2CC[C@H]1N2C(=O)c1ccc2[nH]c(C)c(C)c2c1. The van der Waals surface area contributed by atoms with Crippen molar-refractivity contribution in [3.8, 4) is 0 Å². The third kappa shape index (κ3) is 2.08. The largest absolute Gasteiger partial charge is 0.481 e. The molecule has 2 aromatic rings. The Labute approximate surface area is 147 Å². The molecule has 2 fully saturated rings. The summed E-state index contributed by atoms with van der Waals surface area (Å²) < 4.78 is 0. The van der Waals surface area contributed by atoms with Crippen LogP contribution in [0.3, 0.4) is 0 Å². The van der Waals surface area contributed by atoms with Gasteiger partial charge in [0.1, 0.15) is 0 Å². The first-order chi connectivity index (χ1) is 11.9. The van der Waals surface area contributed by atoms with Gasteiger partial charge in [-0.15, -0.1) is 0 Å². The number of benzene rings is 1. The van der Waals surface area contributed by atoms with Crippen molar-refractivity contribution in [2.24, 2.45) is 5.41 Å². The van der Waals surface area contributed by atoms with Crippen LogP contribution in [0.4, 0.5) is 0 Å². The number of carboxylic acids is 1. The molecular weight excluding hydrogens is 316 g/mol. The molecule has 2 N–H and O–H groups in total. The molecule has 5 nitrogen and oxygen atoms in total. The molecular formula is C20H24N2O3. The zero-order valence-electron chi connectivity index (χ0n) is 14.9. The summed E-state index contributed by atoms with van der Waals surface area (Å²) in [5, 5.41) is 10.9. The molecule has 132 valence electrons. The van der Waals surface area contributed by atoms with Gasteiger partial charge in [0.2, 0.25) is 0 Å². The maximum Gasteiger partial charge on any atom is 0.311 e. The van der Waals surface area contributed by atoms with Crippen molar-refractivity contribution < 1.29 is 14.7 Å². The quantitative estimate of drug-likeness (QED) is 0.896. The topological polar surface area (TPSA) is 73.4 Å². The predicted molar refractivity (Wildman–Crippen MR) is 95.7 cm³/mol. The Kier molecular flexibility index (Phi) is 3.46. The van der Waals surface area contributed by atoms with Crippen LogP contribution >= 0.6 is 0 Å². The molecule has 0 saturated carbocycles. The number of aryl methyl sites for hydroxylation is 2. The lowest BCUT2D eigenvalue weighted by Gasteiger charge is -2.32. The molecule has 2 aliphatic rings. The third-order valence-corrected chi connectivity index (χ3v) is 6.59. The van der Waals surface area contributed by atoms with E-state index in [4.69, 9.17) is 0 Å². The lowest BCUT2D eigenvalue weighted by atomic mass is 9.72. The lowest BCUT2D eigenvalue weighted by Crippen LogP contribution is -2.44. The molecule has 0 radical (unpaired) electrons. The predicted octanol–water partition coefficient (Wildman–Crippen LogP) is 3.64. The van der Waals surface area contributed by atoms with Crippen LogP contribution in [0, 0.1) is 19.3 Å². The van der Waals surface area contributed by atoms with E-state index < -0.39 is 11.4 Å². The summed E-state index contributed by atoms with van der Waals surface area (Å²) in [7, 11) is 0. The van der Waals surface area contributed by atoms with Gasteiger partial charge < -0.3 is 15.0 Å². The highest BCUT2D eigenvalue weighted by Gasteiger charge is 2.60. The number of amides is 1. The number of aromatic nitrogens is 1. The van der Waals surface area contributed by atoms with Gasteiger partial charge in [0.25, 0.3) is 5.91 Å². The number of H-pyrrole nitrogens is 1. The average Bonchev–Trinajstić information content (AvgIpc) is 3.24. The Morgan fingerprint density at radius 3 is 2.72 bits per heavy atom. The summed E-state index contributed by atoms with van der Waals surface area (Å²) in [5.41, 5.74) is 3.18. The molecule has 5 heteroatoms. The summed E-state index contributed by atoms with van der Waals surface area (Å²) in [6.07, 6.45) is 2.86. The molecule has 2 bridgehead atoms. The van der Waals surface area contributed by atoms with Crippen molar-refractivity contribution in [3.63, 3.8) is 0 Å². The van der Waals surface area contributed by atoms with Crippen LogP contribution in [0.5, 0.6) is 0 Å². The number of nitrogens with zero attached hydrogens (tertiary/aromatic N) is 1. The van der Waals surface area contributed by atoms with E-state index in [1.807, 2.05) is 36.9 Å². The molecule has 0 aliphatic carbocycles. The second-order valence-corrected chi connectivity index (χ2v) is 7.61. The van der Waals surface area contributed by atoms with Crippen LogP contribution in [-0.4, -0.2) is 39.0 Å². The van der Waals surface area contributed by atoms with Crippen molar-refractivity contribution in [3.05, 3.63) is 35.0 Å². The number of fused-ring (bicyclic) bond motifs is 3. The monoisotopic (exact) mass is 340 g/mol. The van der Waals surface area contributed by atoms with Gasteiger partial charge in [0.15, 0.2) is 0 Å². The van der Waals surface area contributed by atoms with E-state index in [1.54, 1.807) is 0 Å². The van der Waals surface area contributed by atoms with E-state index in [2.05, 4.69) is 11.9 Å². The van der Waals surface area contributed by atoms with Gasteiger partial charge in [-0.2, -0.15) is 0 Å². The summed E-state index contributed by atoms with van der Waals surface area (Å²) >= 11 is 0. The van der Waals surface area contributed by atoms with Gasteiger partial charge in [0, 0.05) is 34.2 Å². The number of carboxylic acid groups (broad SMARTS) is 1. The second-order valence-electron chi connectivity index (χ2n) is 7.61. The van der Waals surface area contributed by atoms with Crippen molar-refractivity contribution in [1.29, 1.82) is 0 Å². The number of aliphatic carboxylic acids is 1. The Morgan fingerprint density at radius 1 is 1.32 bits per heavy atom. The summed E-state index contributed by atoms with van der Waals surface area (Å²) in [6.45, 7) is 6.00. The fraction of sp³-hybridized carbons (Fsp3) is 0.500. The molecule has 0 unspecified atom stereocenters. The number of carbonyl (C=O) groups is 2. The van der Waals surface area contributed by atoms with Gasteiger partial charge in [-0.3, -0.25) is 9.59 Å². The zero-order chi connectivity index (χ0) is 17.9.